The molecule has 1 aliphatic carbocycles. The molecule has 2 aliphatic rings. The Morgan fingerprint density at radius 1 is 1.10 bits per heavy atom. The average Bonchev–Trinajstić information content (AvgIpc) is 2.66. The Balaban J connectivity index is 1.80. The SMILES string of the molecule is O=C1[C@H]2C[C@H](F)[C@@H](I)C[C@@H]2C(=O)N1Cc1ccccc1. The van der Waals surface area contributed by atoms with E-state index in [2.05, 4.69) is 0 Å². The highest BCUT2D eigenvalue weighted by Gasteiger charge is 2.52. The molecule has 1 saturated heterocycles. The minimum absolute atomic E-state index is 0.127. The molecule has 1 aromatic carbocycles. The van der Waals surface area contributed by atoms with Gasteiger partial charge in [0.1, 0.15) is 6.17 Å². The number of halogens is 2. The molecular formula is C15H15FINO2. The second-order valence-corrected chi connectivity index (χ2v) is 7.06. The fraction of sp³-hybridized carbons (Fsp3) is 0.467. The van der Waals surface area contributed by atoms with Crippen LogP contribution >= 0.6 is 22.6 Å². The Morgan fingerprint density at radius 2 is 1.70 bits per heavy atom. The van der Waals surface area contributed by atoms with Crippen LogP contribution in [0, 0.1) is 11.8 Å². The molecule has 3 nitrogen and oxygen atoms in total. The van der Waals surface area contributed by atoms with E-state index < -0.39 is 12.1 Å². The molecule has 1 aromatic rings. The van der Waals surface area contributed by atoms with Gasteiger partial charge < -0.3 is 0 Å². The van der Waals surface area contributed by atoms with Gasteiger partial charge >= 0.3 is 0 Å². The van der Waals surface area contributed by atoms with E-state index in [-0.39, 0.29) is 28.1 Å². The van der Waals surface area contributed by atoms with Crippen LogP contribution in [0.25, 0.3) is 0 Å². The van der Waals surface area contributed by atoms with Crippen LogP contribution < -0.4 is 0 Å². The van der Waals surface area contributed by atoms with Crippen molar-refractivity contribution in [3.8, 4) is 0 Å². The van der Waals surface area contributed by atoms with Gasteiger partial charge in [0, 0.05) is 3.92 Å². The standard InChI is InChI=1S/C15H15FINO2/c16-12-6-10-11(7-13(12)17)15(20)18(14(10)19)8-9-4-2-1-3-5-9/h1-5,10-13H,6-8H2/t10-,11-,12-,13-/m0/s1. The van der Waals surface area contributed by atoms with Crippen molar-refractivity contribution in [2.45, 2.75) is 29.5 Å². The second-order valence-electron chi connectivity index (χ2n) is 5.46. The quantitative estimate of drug-likeness (QED) is 0.445. The predicted molar refractivity (Wildman–Crippen MR) is 80.9 cm³/mol. The van der Waals surface area contributed by atoms with Crippen molar-refractivity contribution in [1.82, 2.24) is 4.90 Å². The second kappa shape index (κ2) is 5.42. The van der Waals surface area contributed by atoms with E-state index in [4.69, 9.17) is 0 Å². The zero-order valence-electron chi connectivity index (χ0n) is 10.8. The van der Waals surface area contributed by atoms with Crippen LogP contribution in [0.5, 0.6) is 0 Å². The van der Waals surface area contributed by atoms with Gasteiger partial charge in [0.05, 0.1) is 18.4 Å². The molecule has 4 atom stereocenters. The van der Waals surface area contributed by atoms with E-state index in [1.54, 1.807) is 0 Å². The number of fused-ring (bicyclic) bond motifs is 1. The number of hydrogen-bond acceptors (Lipinski definition) is 2. The third-order valence-electron chi connectivity index (χ3n) is 4.19. The molecule has 2 amide bonds. The molecule has 0 radical (unpaired) electrons. The molecule has 5 heteroatoms. The maximum atomic E-state index is 13.8. The average molecular weight is 387 g/mol. The number of carbonyl (C=O) groups excluding carboxylic acids is 2. The monoisotopic (exact) mass is 387 g/mol. The summed E-state index contributed by atoms with van der Waals surface area (Å²) in [6, 6.07) is 9.44. The zero-order chi connectivity index (χ0) is 14.3. The lowest BCUT2D eigenvalue weighted by Gasteiger charge is -2.28. The first-order valence-corrected chi connectivity index (χ1v) is 8.00. The van der Waals surface area contributed by atoms with Gasteiger partial charge in [-0.15, -0.1) is 0 Å². The van der Waals surface area contributed by atoms with Crippen molar-refractivity contribution in [3.05, 3.63) is 35.9 Å². The van der Waals surface area contributed by atoms with Crippen molar-refractivity contribution >= 4 is 34.4 Å². The van der Waals surface area contributed by atoms with Crippen molar-refractivity contribution in [3.63, 3.8) is 0 Å². The highest BCUT2D eigenvalue weighted by atomic mass is 127. The summed E-state index contributed by atoms with van der Waals surface area (Å²) < 4.78 is 13.6. The fourth-order valence-corrected chi connectivity index (χ4v) is 3.93. The lowest BCUT2D eigenvalue weighted by molar-refractivity contribution is -0.140. The van der Waals surface area contributed by atoms with E-state index >= 15 is 0 Å². The zero-order valence-corrected chi connectivity index (χ0v) is 13.0. The Labute approximate surface area is 130 Å². The van der Waals surface area contributed by atoms with E-state index in [1.807, 2.05) is 52.9 Å². The van der Waals surface area contributed by atoms with Crippen LogP contribution in [0.4, 0.5) is 4.39 Å². The van der Waals surface area contributed by atoms with Crippen molar-refractivity contribution < 1.29 is 14.0 Å². The number of imide groups is 1. The van der Waals surface area contributed by atoms with Gasteiger partial charge in [-0.1, -0.05) is 52.9 Å². The number of hydrogen-bond donors (Lipinski definition) is 0. The normalized spacial score (nSPS) is 33.4. The number of rotatable bonds is 2. The van der Waals surface area contributed by atoms with Crippen LogP contribution in [0.15, 0.2) is 30.3 Å². The van der Waals surface area contributed by atoms with Crippen LogP contribution in [0.1, 0.15) is 18.4 Å². The van der Waals surface area contributed by atoms with Crippen LogP contribution in [-0.2, 0) is 16.1 Å². The Kier molecular flexibility index (Phi) is 3.79. The summed E-state index contributed by atoms with van der Waals surface area (Å²) in [5.74, 6) is -1.10. The molecule has 0 bridgehead atoms. The molecule has 0 unspecified atom stereocenters. The number of likely N-dealkylation sites (tertiary alicyclic amines) is 1. The van der Waals surface area contributed by atoms with Crippen LogP contribution in [0.3, 0.4) is 0 Å². The maximum absolute atomic E-state index is 13.8. The summed E-state index contributed by atoms with van der Waals surface area (Å²) in [6.45, 7) is 0.300. The largest absolute Gasteiger partial charge is 0.278 e. The van der Waals surface area contributed by atoms with Crippen molar-refractivity contribution in [2.24, 2.45) is 11.8 Å². The van der Waals surface area contributed by atoms with Crippen LogP contribution in [-0.4, -0.2) is 26.8 Å². The fourth-order valence-electron chi connectivity index (χ4n) is 3.09. The summed E-state index contributed by atoms with van der Waals surface area (Å²) in [6.07, 6.45) is -0.318. The van der Waals surface area contributed by atoms with Gasteiger partial charge in [-0.05, 0) is 18.4 Å². The van der Waals surface area contributed by atoms with Gasteiger partial charge in [-0.2, -0.15) is 0 Å². The predicted octanol–water partition coefficient (Wildman–Crippen LogP) is 2.72. The summed E-state index contributed by atoms with van der Waals surface area (Å²) >= 11 is 2.05. The number of nitrogens with zero attached hydrogens (tertiary/aromatic N) is 1. The summed E-state index contributed by atoms with van der Waals surface area (Å²) in [7, 11) is 0. The molecule has 106 valence electrons. The number of amides is 2. The van der Waals surface area contributed by atoms with Crippen molar-refractivity contribution in [2.75, 3.05) is 0 Å². The smallest absolute Gasteiger partial charge is 0.233 e. The first kappa shape index (κ1) is 14.0. The third kappa shape index (κ3) is 2.36. The number of benzene rings is 1. The van der Waals surface area contributed by atoms with E-state index in [1.165, 1.54) is 4.90 Å². The summed E-state index contributed by atoms with van der Waals surface area (Å²) in [4.78, 5) is 26.0. The first-order chi connectivity index (χ1) is 9.58. The lowest BCUT2D eigenvalue weighted by atomic mass is 9.80. The molecular weight excluding hydrogens is 372 g/mol. The molecule has 2 fully saturated rings. The summed E-state index contributed by atoms with van der Waals surface area (Å²) in [5.41, 5.74) is 0.927. The summed E-state index contributed by atoms with van der Waals surface area (Å²) in [5, 5.41) is 0. The minimum atomic E-state index is -0.981. The van der Waals surface area contributed by atoms with E-state index in [9.17, 15) is 14.0 Å². The number of alkyl halides is 2. The first-order valence-electron chi connectivity index (χ1n) is 6.75. The number of carbonyl (C=O) groups is 2. The van der Waals surface area contributed by atoms with Gasteiger partial charge in [0.25, 0.3) is 0 Å². The topological polar surface area (TPSA) is 37.4 Å². The van der Waals surface area contributed by atoms with E-state index in [0.29, 0.717) is 13.0 Å². The third-order valence-corrected chi connectivity index (χ3v) is 5.48. The molecule has 1 aliphatic heterocycles. The Bertz CT molecular complexity index is 508. The Morgan fingerprint density at radius 3 is 2.35 bits per heavy atom. The van der Waals surface area contributed by atoms with Gasteiger partial charge in [0.15, 0.2) is 0 Å². The maximum Gasteiger partial charge on any atom is 0.233 e. The van der Waals surface area contributed by atoms with Crippen LogP contribution in [0.2, 0.25) is 0 Å². The lowest BCUT2D eigenvalue weighted by Crippen LogP contribution is -2.34. The van der Waals surface area contributed by atoms with Gasteiger partial charge in [-0.25, -0.2) is 4.39 Å². The molecule has 1 saturated carbocycles. The van der Waals surface area contributed by atoms with Crippen molar-refractivity contribution in [1.29, 1.82) is 0 Å². The Hall–Kier alpha value is -0.980. The van der Waals surface area contributed by atoms with Gasteiger partial charge in [0.2, 0.25) is 11.8 Å². The highest BCUT2D eigenvalue weighted by molar-refractivity contribution is 14.1. The molecule has 1 heterocycles. The van der Waals surface area contributed by atoms with Gasteiger partial charge in [-0.3, -0.25) is 14.5 Å². The molecule has 3 rings (SSSR count). The molecule has 0 N–H and O–H groups in total. The molecule has 0 aromatic heterocycles. The minimum Gasteiger partial charge on any atom is -0.278 e. The molecule has 0 spiro atoms. The van der Waals surface area contributed by atoms with E-state index in [0.717, 1.165) is 5.56 Å². The highest BCUT2D eigenvalue weighted by Crippen LogP contribution is 2.42. The molecule has 20 heavy (non-hydrogen) atoms.